The Balaban J connectivity index is 1.45. The Morgan fingerprint density at radius 2 is 1.64 bits per heavy atom. The summed E-state index contributed by atoms with van der Waals surface area (Å²) in [6.07, 6.45) is 1.36. The molecular formula is C36H35F3N2O4. The van der Waals surface area contributed by atoms with Gasteiger partial charge < -0.3 is 19.4 Å². The van der Waals surface area contributed by atoms with Gasteiger partial charge in [0.25, 0.3) is 5.56 Å². The van der Waals surface area contributed by atoms with E-state index in [9.17, 15) is 27.9 Å². The van der Waals surface area contributed by atoms with Crippen LogP contribution in [0.1, 0.15) is 72.4 Å². The summed E-state index contributed by atoms with van der Waals surface area (Å²) in [5, 5.41) is 13.0. The molecule has 0 radical (unpaired) electrons. The van der Waals surface area contributed by atoms with E-state index in [1.54, 1.807) is 31.3 Å². The molecule has 6 rings (SSSR count). The van der Waals surface area contributed by atoms with Crippen LogP contribution in [-0.4, -0.2) is 27.2 Å². The van der Waals surface area contributed by atoms with E-state index in [0.717, 1.165) is 60.7 Å². The van der Waals surface area contributed by atoms with Crippen LogP contribution < -0.4 is 5.56 Å². The van der Waals surface area contributed by atoms with Crippen molar-refractivity contribution in [3.8, 4) is 5.75 Å². The van der Waals surface area contributed by atoms with E-state index in [0.29, 0.717) is 35.0 Å². The summed E-state index contributed by atoms with van der Waals surface area (Å²) in [5.74, 6) is -1.35. The van der Waals surface area contributed by atoms with Gasteiger partial charge in [0, 0.05) is 29.0 Å². The number of esters is 1. The van der Waals surface area contributed by atoms with Gasteiger partial charge in [-0.05, 0) is 67.1 Å². The van der Waals surface area contributed by atoms with E-state index in [-0.39, 0.29) is 29.8 Å². The Morgan fingerprint density at radius 1 is 0.978 bits per heavy atom. The van der Waals surface area contributed by atoms with Gasteiger partial charge in [0.05, 0.1) is 35.1 Å². The number of ether oxygens (including phenoxy) is 1. The van der Waals surface area contributed by atoms with Gasteiger partial charge in [-0.25, -0.2) is 0 Å². The van der Waals surface area contributed by atoms with Gasteiger partial charge in [0.2, 0.25) is 0 Å². The predicted molar refractivity (Wildman–Crippen MR) is 167 cm³/mol. The number of pyridine rings is 1. The second kappa shape index (κ2) is 12.5. The number of para-hydroxylation sites is 2. The molecule has 1 atom stereocenters. The summed E-state index contributed by atoms with van der Waals surface area (Å²) in [7, 11) is 1.62. The monoisotopic (exact) mass is 616 g/mol. The van der Waals surface area contributed by atoms with Gasteiger partial charge in [0.15, 0.2) is 0 Å². The van der Waals surface area contributed by atoms with Crippen molar-refractivity contribution in [1.29, 1.82) is 0 Å². The van der Waals surface area contributed by atoms with Crippen molar-refractivity contribution in [2.75, 3.05) is 6.61 Å². The zero-order valence-corrected chi connectivity index (χ0v) is 25.0. The number of nitrogens with one attached hydrogen (secondary N) is 1. The molecule has 0 aliphatic heterocycles. The van der Waals surface area contributed by atoms with Crippen LogP contribution in [0.4, 0.5) is 13.2 Å². The number of aryl methyl sites for hydroxylation is 2. The van der Waals surface area contributed by atoms with Crippen LogP contribution in [0.3, 0.4) is 0 Å². The molecule has 1 aliphatic carbocycles. The van der Waals surface area contributed by atoms with Gasteiger partial charge in [0.1, 0.15) is 5.75 Å². The highest BCUT2D eigenvalue weighted by molar-refractivity contribution is 5.88. The lowest BCUT2D eigenvalue weighted by molar-refractivity contribution is -0.149. The number of alkyl halides is 3. The summed E-state index contributed by atoms with van der Waals surface area (Å²) in [4.78, 5) is 30.1. The lowest BCUT2D eigenvalue weighted by Gasteiger charge is -2.22. The summed E-state index contributed by atoms with van der Waals surface area (Å²) in [5.41, 5.74) is 1.98. The average Bonchev–Trinajstić information content (AvgIpc) is 3.41. The second-order valence-electron chi connectivity index (χ2n) is 11.9. The number of fused-ring (bicyclic) bond motifs is 2. The lowest BCUT2D eigenvalue weighted by atomic mass is 9.84. The van der Waals surface area contributed by atoms with Gasteiger partial charge in [-0.2, -0.15) is 13.2 Å². The first-order chi connectivity index (χ1) is 21.6. The van der Waals surface area contributed by atoms with E-state index in [2.05, 4.69) is 4.98 Å². The molecule has 0 amide bonds. The Bertz CT molecular complexity index is 1900. The molecule has 45 heavy (non-hydrogen) atoms. The summed E-state index contributed by atoms with van der Waals surface area (Å²) >= 11 is 0. The van der Waals surface area contributed by atoms with Crippen molar-refractivity contribution in [2.24, 2.45) is 13.0 Å². The minimum atomic E-state index is -4.53. The molecule has 5 aromatic rings. The van der Waals surface area contributed by atoms with Crippen LogP contribution >= 0.6 is 0 Å². The molecule has 6 nitrogen and oxygen atoms in total. The highest BCUT2D eigenvalue weighted by Crippen LogP contribution is 2.42. The van der Waals surface area contributed by atoms with Crippen LogP contribution in [0.25, 0.3) is 21.8 Å². The smallest absolute Gasteiger partial charge is 0.416 e. The zero-order chi connectivity index (χ0) is 31.7. The number of aromatic amines is 1. The summed E-state index contributed by atoms with van der Waals surface area (Å²) in [6, 6.07) is 19.3. The number of hydrogen-bond acceptors (Lipinski definition) is 4. The number of hydrogen-bond donors (Lipinski definition) is 2. The van der Waals surface area contributed by atoms with Gasteiger partial charge >= 0.3 is 12.1 Å². The maximum absolute atomic E-state index is 14.0. The molecule has 2 aromatic heterocycles. The van der Waals surface area contributed by atoms with E-state index in [1.807, 2.05) is 24.3 Å². The van der Waals surface area contributed by atoms with Crippen LogP contribution in [0.15, 0.2) is 77.6 Å². The molecule has 1 saturated carbocycles. The molecule has 234 valence electrons. The number of H-pyrrole nitrogens is 1. The molecule has 1 aliphatic rings. The number of carbonyl (C=O) groups is 1. The summed E-state index contributed by atoms with van der Waals surface area (Å²) in [6.45, 7) is 0.224. The quantitative estimate of drug-likeness (QED) is 0.137. The van der Waals surface area contributed by atoms with E-state index in [4.69, 9.17) is 4.74 Å². The van der Waals surface area contributed by atoms with E-state index < -0.39 is 23.2 Å². The molecule has 0 bridgehead atoms. The molecule has 3 aromatic carbocycles. The standard InChI is InChI=1S/C36H35F3N2O4/c1-41-29-16-8-6-13-27(29)33(42)31(34(41)43)30(22-17-19-24(20-18-22)36(37,38)39)32-26(25-12-5-7-15-28(25)40-32)14-9-21-45-35(44)23-10-3-2-4-11-23/h5-8,12-13,15-20,23,30,40,42H,2-4,9-11,14,21H2,1H3. The Morgan fingerprint density at radius 3 is 2.36 bits per heavy atom. The molecule has 9 heteroatoms. The van der Waals surface area contributed by atoms with Crippen molar-refractivity contribution in [3.05, 3.63) is 111 Å². The lowest BCUT2D eigenvalue weighted by Crippen LogP contribution is -2.25. The van der Waals surface area contributed by atoms with E-state index >= 15 is 0 Å². The number of carbonyl (C=O) groups excluding carboxylic acids is 1. The van der Waals surface area contributed by atoms with Crippen molar-refractivity contribution in [2.45, 2.75) is 57.0 Å². The maximum atomic E-state index is 14.0. The first kappa shape index (κ1) is 30.5. The molecule has 1 fully saturated rings. The molecule has 0 spiro atoms. The molecule has 2 heterocycles. The van der Waals surface area contributed by atoms with Gasteiger partial charge in [-0.15, -0.1) is 0 Å². The Kier molecular flexibility index (Phi) is 8.44. The Labute approximate surface area is 258 Å². The Hall–Kier alpha value is -4.53. The second-order valence-corrected chi connectivity index (χ2v) is 11.9. The van der Waals surface area contributed by atoms with Crippen LogP contribution in [0, 0.1) is 5.92 Å². The zero-order valence-electron chi connectivity index (χ0n) is 25.0. The molecule has 0 saturated heterocycles. The third-order valence-corrected chi connectivity index (χ3v) is 9.06. The minimum absolute atomic E-state index is 0.0569. The number of halogens is 3. The normalized spacial score (nSPS) is 15.0. The van der Waals surface area contributed by atoms with Crippen molar-refractivity contribution < 1.29 is 27.8 Å². The number of benzene rings is 3. The largest absolute Gasteiger partial charge is 0.507 e. The molecule has 2 N–H and O–H groups in total. The van der Waals surface area contributed by atoms with Gasteiger partial charge in [-0.1, -0.05) is 61.7 Å². The molecule has 1 unspecified atom stereocenters. The highest BCUT2D eigenvalue weighted by atomic mass is 19.4. The van der Waals surface area contributed by atoms with Crippen molar-refractivity contribution >= 4 is 27.8 Å². The van der Waals surface area contributed by atoms with E-state index in [1.165, 1.54) is 16.7 Å². The number of rotatable bonds is 8. The third-order valence-electron chi connectivity index (χ3n) is 9.06. The fourth-order valence-electron chi connectivity index (χ4n) is 6.72. The van der Waals surface area contributed by atoms with Gasteiger partial charge in [-0.3, -0.25) is 9.59 Å². The number of aromatic nitrogens is 2. The number of nitrogens with zero attached hydrogens (tertiary/aromatic N) is 1. The predicted octanol–water partition coefficient (Wildman–Crippen LogP) is 7.98. The average molecular weight is 617 g/mol. The fourth-order valence-corrected chi connectivity index (χ4v) is 6.72. The van der Waals surface area contributed by atoms with Crippen molar-refractivity contribution in [3.63, 3.8) is 0 Å². The number of aromatic hydroxyl groups is 1. The van der Waals surface area contributed by atoms with Crippen LogP contribution in [0.2, 0.25) is 0 Å². The first-order valence-corrected chi connectivity index (χ1v) is 15.4. The van der Waals surface area contributed by atoms with Crippen LogP contribution in [0.5, 0.6) is 5.75 Å². The topological polar surface area (TPSA) is 84.3 Å². The maximum Gasteiger partial charge on any atom is 0.416 e. The summed E-state index contributed by atoms with van der Waals surface area (Å²) < 4.78 is 47.7. The minimum Gasteiger partial charge on any atom is -0.507 e. The highest BCUT2D eigenvalue weighted by Gasteiger charge is 2.33. The van der Waals surface area contributed by atoms with Crippen molar-refractivity contribution in [1.82, 2.24) is 9.55 Å². The fraction of sp³-hybridized carbons (Fsp3) is 0.333. The third kappa shape index (κ3) is 5.95. The van der Waals surface area contributed by atoms with Crippen LogP contribution in [-0.2, 0) is 29.2 Å². The first-order valence-electron chi connectivity index (χ1n) is 15.4. The SMILES string of the molecule is Cn1c(=O)c(C(c2ccc(C(F)(F)F)cc2)c2[nH]c3ccccc3c2CCCOC(=O)C2CCCCC2)c(O)c2ccccc21. The molecular weight excluding hydrogens is 581 g/mol.